The molecule has 0 amide bonds. The number of benzene rings is 10. The van der Waals surface area contributed by atoms with E-state index in [2.05, 4.69) is 208 Å². The third kappa shape index (κ3) is 4.52. The number of furan rings is 1. The van der Waals surface area contributed by atoms with Crippen molar-refractivity contribution in [2.45, 2.75) is 0 Å². The van der Waals surface area contributed by atoms with Gasteiger partial charge in [-0.05, 0) is 97.1 Å². The van der Waals surface area contributed by atoms with Crippen molar-refractivity contribution in [2.24, 2.45) is 0 Å². The van der Waals surface area contributed by atoms with Gasteiger partial charge in [-0.3, -0.25) is 0 Å². The van der Waals surface area contributed by atoms with Gasteiger partial charge in [-0.15, -0.1) is 22.7 Å². The fraction of sp³-hybridized carbons (Fsp3) is 0. The van der Waals surface area contributed by atoms with Crippen LogP contribution in [0.25, 0.3) is 145 Å². The number of thiophene rings is 2. The highest BCUT2D eigenvalue weighted by Gasteiger charge is 2.23. The minimum Gasteiger partial charge on any atom is -0.455 e. The molecule has 6 heterocycles. The molecule has 10 aromatic carbocycles. The van der Waals surface area contributed by atoms with Crippen LogP contribution in [0.1, 0.15) is 0 Å². The zero-order valence-electron chi connectivity index (χ0n) is 35.1. The second-order valence-electron chi connectivity index (χ2n) is 17.6. The Morgan fingerprint density at radius 3 is 1.52 bits per heavy atom. The Morgan fingerprint density at radius 1 is 0.288 bits per heavy atom. The van der Waals surface area contributed by atoms with Crippen molar-refractivity contribution in [3.05, 3.63) is 200 Å². The Labute approximate surface area is 383 Å². The van der Waals surface area contributed by atoms with Gasteiger partial charge >= 0.3 is 0 Å². The van der Waals surface area contributed by atoms with Gasteiger partial charge in [0.15, 0.2) is 0 Å². The van der Waals surface area contributed by atoms with Crippen LogP contribution in [0.4, 0.5) is 0 Å². The van der Waals surface area contributed by atoms with E-state index in [1.54, 1.807) is 0 Å². The number of para-hydroxylation sites is 4. The quantitative estimate of drug-likeness (QED) is 0.174. The molecule has 306 valence electrons. The first-order valence-corrected chi connectivity index (χ1v) is 24.0. The van der Waals surface area contributed by atoms with Gasteiger partial charge in [0.2, 0.25) is 0 Å². The smallest absolute Gasteiger partial charge is 0.145 e. The van der Waals surface area contributed by atoms with Crippen molar-refractivity contribution in [1.82, 2.24) is 13.7 Å². The van der Waals surface area contributed by atoms with Crippen molar-refractivity contribution in [1.29, 1.82) is 0 Å². The molecular formula is C60H33N3OS2. The largest absolute Gasteiger partial charge is 0.455 e. The first-order chi connectivity index (χ1) is 32.7. The summed E-state index contributed by atoms with van der Waals surface area (Å²) in [5, 5.41) is 14.9. The van der Waals surface area contributed by atoms with Crippen LogP contribution in [0.5, 0.6) is 0 Å². The first kappa shape index (κ1) is 35.2. The van der Waals surface area contributed by atoms with E-state index in [0.717, 1.165) is 49.7 Å². The summed E-state index contributed by atoms with van der Waals surface area (Å²) in [5.74, 6) is 0. The van der Waals surface area contributed by atoms with E-state index in [4.69, 9.17) is 4.42 Å². The normalized spacial score (nSPS) is 12.5. The van der Waals surface area contributed by atoms with Crippen LogP contribution >= 0.6 is 22.7 Å². The molecule has 16 aromatic rings. The average molecular weight is 876 g/mol. The maximum atomic E-state index is 6.67. The van der Waals surface area contributed by atoms with Gasteiger partial charge in [-0.2, -0.15) is 0 Å². The minimum atomic E-state index is 0.912. The lowest BCUT2D eigenvalue weighted by atomic mass is 10.1. The highest BCUT2D eigenvalue weighted by molar-refractivity contribution is 7.27. The minimum absolute atomic E-state index is 0.912. The van der Waals surface area contributed by atoms with E-state index in [1.807, 2.05) is 28.7 Å². The van der Waals surface area contributed by atoms with Gasteiger partial charge in [-0.25, -0.2) is 0 Å². The summed E-state index contributed by atoms with van der Waals surface area (Å²) in [5.41, 5.74) is 12.4. The molecule has 0 aliphatic rings. The number of hydrogen-bond acceptors (Lipinski definition) is 3. The molecule has 16 rings (SSSR count). The predicted molar refractivity (Wildman–Crippen MR) is 283 cm³/mol. The lowest BCUT2D eigenvalue weighted by Gasteiger charge is -2.10. The number of rotatable bonds is 3. The Morgan fingerprint density at radius 2 is 0.773 bits per heavy atom. The molecule has 0 unspecified atom stereocenters. The van der Waals surface area contributed by atoms with E-state index in [-0.39, 0.29) is 0 Å². The maximum Gasteiger partial charge on any atom is 0.145 e. The molecule has 0 aliphatic heterocycles. The molecule has 6 aromatic heterocycles. The Bertz CT molecular complexity index is 4760. The first-order valence-electron chi connectivity index (χ1n) is 22.4. The van der Waals surface area contributed by atoms with Crippen molar-refractivity contribution in [2.75, 3.05) is 0 Å². The molecule has 0 radical (unpaired) electrons. The van der Waals surface area contributed by atoms with Gasteiger partial charge in [0.1, 0.15) is 11.2 Å². The predicted octanol–water partition coefficient (Wildman–Crippen LogP) is 17.6. The van der Waals surface area contributed by atoms with Gasteiger partial charge in [0.25, 0.3) is 0 Å². The van der Waals surface area contributed by atoms with Crippen LogP contribution in [0.3, 0.4) is 0 Å². The van der Waals surface area contributed by atoms with Gasteiger partial charge in [0, 0.05) is 95.1 Å². The highest BCUT2D eigenvalue weighted by Crippen LogP contribution is 2.48. The van der Waals surface area contributed by atoms with E-state index in [9.17, 15) is 0 Å². The van der Waals surface area contributed by atoms with Crippen molar-refractivity contribution in [3.8, 4) is 17.1 Å². The molecule has 0 fully saturated rings. The second kappa shape index (κ2) is 12.8. The summed E-state index contributed by atoms with van der Waals surface area (Å²) in [6.07, 6.45) is 0. The topological polar surface area (TPSA) is 27.9 Å². The summed E-state index contributed by atoms with van der Waals surface area (Å²) in [6.45, 7) is 0. The highest BCUT2D eigenvalue weighted by atomic mass is 32.1. The molecule has 0 bridgehead atoms. The molecule has 0 atom stereocenters. The lowest BCUT2D eigenvalue weighted by molar-refractivity contribution is 0.673. The Balaban J connectivity index is 0.961. The van der Waals surface area contributed by atoms with Crippen molar-refractivity contribution < 1.29 is 4.42 Å². The molecule has 0 aliphatic carbocycles. The summed E-state index contributed by atoms with van der Waals surface area (Å²) < 4.78 is 19.3. The second-order valence-corrected chi connectivity index (χ2v) is 19.7. The third-order valence-electron chi connectivity index (χ3n) is 14.2. The van der Waals surface area contributed by atoms with Crippen LogP contribution < -0.4 is 0 Å². The summed E-state index contributed by atoms with van der Waals surface area (Å²) in [7, 11) is 0. The molecule has 6 heteroatoms. The van der Waals surface area contributed by atoms with Crippen LogP contribution in [-0.4, -0.2) is 13.7 Å². The zero-order valence-corrected chi connectivity index (χ0v) is 36.8. The molecule has 66 heavy (non-hydrogen) atoms. The summed E-state index contributed by atoms with van der Waals surface area (Å²) in [4.78, 5) is 0. The van der Waals surface area contributed by atoms with Crippen molar-refractivity contribution in [3.63, 3.8) is 0 Å². The van der Waals surface area contributed by atoms with E-state index >= 15 is 0 Å². The lowest BCUT2D eigenvalue weighted by Crippen LogP contribution is -1.95. The van der Waals surface area contributed by atoms with E-state index in [1.165, 1.54) is 95.0 Å². The van der Waals surface area contributed by atoms with Gasteiger partial charge in [-0.1, -0.05) is 103 Å². The summed E-state index contributed by atoms with van der Waals surface area (Å²) >= 11 is 3.81. The number of aromatic nitrogens is 3. The zero-order chi connectivity index (χ0) is 42.8. The molecular weight excluding hydrogens is 843 g/mol. The monoisotopic (exact) mass is 875 g/mol. The van der Waals surface area contributed by atoms with E-state index < -0.39 is 0 Å². The number of nitrogens with zero attached hydrogens (tertiary/aromatic N) is 3. The standard InChI is InChI=1S/C60H33N3OS2/c1-2-12-34(13-3-1)61-48-27-22-35(62-46-18-8-4-16-42(46)55-49(62)28-24-39-37-14-6-10-20-52(37)64-58(39)55)33-45(48)57-51(61)30-26-41-44-32-36(23-31-54(44)66-60(41)57)63-47-19-9-5-17-43(47)56-50(63)29-25-40-38-15-7-11-21-53(38)65-59(40)56/h1-33H. The number of hydrogen-bond donors (Lipinski definition) is 0. The maximum absolute atomic E-state index is 6.67. The molecule has 0 N–H and O–H groups in total. The van der Waals surface area contributed by atoms with Crippen LogP contribution in [0.2, 0.25) is 0 Å². The molecule has 0 saturated heterocycles. The van der Waals surface area contributed by atoms with Gasteiger partial charge in [0.05, 0.1) is 38.5 Å². The fourth-order valence-electron chi connectivity index (χ4n) is 11.5. The average Bonchev–Trinajstić information content (AvgIpc) is 4.22. The molecule has 0 spiro atoms. The van der Waals surface area contributed by atoms with Crippen LogP contribution in [0.15, 0.2) is 205 Å². The Kier molecular flexibility index (Phi) is 6.81. The molecule has 4 nitrogen and oxygen atoms in total. The fourth-order valence-corrected chi connectivity index (χ4v) is 14.0. The van der Waals surface area contributed by atoms with Crippen LogP contribution in [0, 0.1) is 0 Å². The number of fused-ring (bicyclic) bond motifs is 21. The third-order valence-corrected chi connectivity index (χ3v) is 16.6. The van der Waals surface area contributed by atoms with Crippen LogP contribution in [-0.2, 0) is 0 Å². The van der Waals surface area contributed by atoms with Gasteiger partial charge < -0.3 is 18.1 Å². The SMILES string of the molecule is c1ccc(-n2c3ccc(-n4c5ccccc5c5c6oc7ccccc7c6ccc54)cc3c3c4sc5ccc(-n6c7ccccc7c7c8sc9ccccc9c8ccc76)cc5c4ccc32)cc1. The molecule has 0 saturated carbocycles. The Hall–Kier alpha value is -8.16. The van der Waals surface area contributed by atoms with E-state index in [0.29, 0.717) is 0 Å². The summed E-state index contributed by atoms with van der Waals surface area (Å²) in [6, 6.07) is 73.7. The van der Waals surface area contributed by atoms with Crippen molar-refractivity contribution >= 4 is 150 Å².